The van der Waals surface area contributed by atoms with Gasteiger partial charge in [-0.15, -0.1) is 11.3 Å². The summed E-state index contributed by atoms with van der Waals surface area (Å²) < 4.78 is 29.9. The van der Waals surface area contributed by atoms with Gasteiger partial charge in [0.05, 0.1) is 64.7 Å². The van der Waals surface area contributed by atoms with Gasteiger partial charge >= 0.3 is 0 Å². The van der Waals surface area contributed by atoms with Gasteiger partial charge in [0.15, 0.2) is 18.1 Å². The standard InChI is InChI=1S/C25H26FN6O2S/c1-14-9-27-5-6-32(14)17-7-20-22(21(8-17)34-15(2)16-10-33-11-16)25(29-12-28-20)31-18-3-4-19-24(23(18)26)35-13-30-19/h3-4,7-8,12-13,15-16,27H,5-6,9-11H2,1-2H3,(H,28,29,31)/q+1/t15-/m1/s1. The lowest BCUT2D eigenvalue weighted by Gasteiger charge is -2.32. The summed E-state index contributed by atoms with van der Waals surface area (Å²) in [4.78, 5) is 13.2. The number of halogens is 1. The summed E-state index contributed by atoms with van der Waals surface area (Å²) >= 11 is 1.28. The zero-order chi connectivity index (χ0) is 23.9. The van der Waals surface area contributed by atoms with Crippen LogP contribution in [0.4, 0.5) is 21.6 Å². The minimum atomic E-state index is -0.345. The van der Waals surface area contributed by atoms with Crippen molar-refractivity contribution in [2.45, 2.75) is 20.0 Å². The number of aromatic nitrogens is 3. The number of rotatable bonds is 6. The fraction of sp³-hybridized carbons (Fsp3) is 0.360. The molecule has 180 valence electrons. The Morgan fingerprint density at radius 1 is 1.23 bits per heavy atom. The third kappa shape index (κ3) is 4.11. The molecule has 2 aromatic carbocycles. The van der Waals surface area contributed by atoms with Gasteiger partial charge in [-0.05, 0) is 19.1 Å². The summed E-state index contributed by atoms with van der Waals surface area (Å²) in [5.74, 6) is 1.15. The first-order valence-corrected chi connectivity index (χ1v) is 12.6. The van der Waals surface area contributed by atoms with E-state index in [0.717, 1.165) is 36.2 Å². The molecule has 0 radical (unpaired) electrons. The lowest BCUT2D eigenvalue weighted by Crippen LogP contribution is -2.39. The first-order valence-electron chi connectivity index (χ1n) is 11.7. The number of nitrogens with zero attached hydrogens (tertiary/aromatic N) is 4. The summed E-state index contributed by atoms with van der Waals surface area (Å²) in [6, 6.07) is 7.58. The Labute approximate surface area is 205 Å². The number of ether oxygens (including phenoxy) is 2. The molecule has 0 unspecified atom stereocenters. The summed E-state index contributed by atoms with van der Waals surface area (Å²) in [7, 11) is 0. The number of anilines is 2. The number of hydrogen-bond donors (Lipinski definition) is 2. The van der Waals surface area contributed by atoms with Crippen molar-refractivity contribution in [2.75, 3.05) is 38.2 Å². The molecule has 1 atom stereocenters. The number of hydrogen-bond acceptors (Lipinski definition) is 8. The van der Waals surface area contributed by atoms with Crippen LogP contribution in [0, 0.1) is 11.7 Å². The van der Waals surface area contributed by atoms with Gasteiger partial charge in [0.2, 0.25) is 5.69 Å². The quantitative estimate of drug-likeness (QED) is 0.389. The highest BCUT2D eigenvalue weighted by Crippen LogP contribution is 2.38. The Morgan fingerprint density at radius 3 is 2.91 bits per heavy atom. The van der Waals surface area contributed by atoms with Gasteiger partial charge in [-0.25, -0.2) is 19.3 Å². The lowest BCUT2D eigenvalue weighted by molar-refractivity contribution is -0.444. The summed E-state index contributed by atoms with van der Waals surface area (Å²) in [6.07, 6.45) is 1.45. The van der Waals surface area contributed by atoms with E-state index in [2.05, 4.69) is 44.0 Å². The lowest BCUT2D eigenvalue weighted by atomic mass is 10.0. The van der Waals surface area contributed by atoms with Crippen molar-refractivity contribution in [3.05, 3.63) is 41.9 Å². The first kappa shape index (κ1) is 22.3. The Morgan fingerprint density at radius 2 is 2.11 bits per heavy atom. The molecule has 1 saturated heterocycles. The molecule has 35 heavy (non-hydrogen) atoms. The minimum Gasteiger partial charge on any atom is -0.489 e. The second kappa shape index (κ2) is 9.10. The van der Waals surface area contributed by atoms with Crippen LogP contribution < -0.4 is 15.4 Å². The molecule has 0 amide bonds. The van der Waals surface area contributed by atoms with Crippen LogP contribution in [0.1, 0.15) is 13.8 Å². The first-order chi connectivity index (χ1) is 17.1. The van der Waals surface area contributed by atoms with Crippen molar-refractivity contribution in [3.8, 4) is 5.75 Å². The van der Waals surface area contributed by atoms with Gasteiger partial charge in [0.25, 0.3) is 0 Å². The molecule has 0 aliphatic carbocycles. The molecule has 2 aliphatic heterocycles. The predicted molar refractivity (Wildman–Crippen MR) is 135 cm³/mol. The molecule has 1 fully saturated rings. The van der Waals surface area contributed by atoms with Crippen molar-refractivity contribution in [3.63, 3.8) is 0 Å². The number of thiazole rings is 1. The highest BCUT2D eigenvalue weighted by atomic mass is 32.1. The number of fused-ring (bicyclic) bond motifs is 2. The fourth-order valence-corrected chi connectivity index (χ4v) is 5.25. The smallest absolute Gasteiger partial charge is 0.211 e. The highest BCUT2D eigenvalue weighted by molar-refractivity contribution is 7.16. The van der Waals surface area contributed by atoms with Gasteiger partial charge < -0.3 is 20.1 Å². The van der Waals surface area contributed by atoms with Gasteiger partial charge in [0.1, 0.15) is 24.0 Å². The van der Waals surface area contributed by atoms with E-state index in [9.17, 15) is 0 Å². The molecule has 10 heteroatoms. The maximum absolute atomic E-state index is 15.2. The third-order valence-corrected chi connectivity index (χ3v) is 7.52. The van der Waals surface area contributed by atoms with E-state index in [1.807, 2.05) is 12.1 Å². The maximum Gasteiger partial charge on any atom is 0.211 e. The second-order valence-corrected chi connectivity index (χ2v) is 9.85. The number of nitrogens with one attached hydrogen (secondary N) is 2. The maximum atomic E-state index is 15.2. The molecule has 2 N–H and O–H groups in total. The largest absolute Gasteiger partial charge is 0.489 e. The molecule has 0 saturated carbocycles. The molecule has 6 rings (SSSR count). The molecule has 2 aromatic heterocycles. The van der Waals surface area contributed by atoms with E-state index < -0.39 is 0 Å². The molecule has 8 nitrogen and oxygen atoms in total. The molecule has 0 spiro atoms. The molecule has 4 heterocycles. The van der Waals surface area contributed by atoms with Crippen LogP contribution in [0.3, 0.4) is 0 Å². The van der Waals surface area contributed by atoms with Crippen LogP contribution in [0.5, 0.6) is 5.75 Å². The molecule has 2 aliphatic rings. The minimum absolute atomic E-state index is 0.0476. The molecule has 4 aromatic rings. The van der Waals surface area contributed by atoms with Gasteiger partial charge in [0, 0.05) is 18.9 Å². The van der Waals surface area contributed by atoms with Gasteiger partial charge in [-0.1, -0.05) is 0 Å². The molecule has 0 bridgehead atoms. The summed E-state index contributed by atoms with van der Waals surface area (Å²) in [5.41, 5.74) is 5.60. The van der Waals surface area contributed by atoms with E-state index in [1.54, 1.807) is 17.6 Å². The van der Waals surface area contributed by atoms with E-state index in [1.165, 1.54) is 23.4 Å². The van der Waals surface area contributed by atoms with Crippen LogP contribution in [0.25, 0.3) is 21.1 Å². The highest BCUT2D eigenvalue weighted by Gasteiger charge is 2.29. The van der Waals surface area contributed by atoms with Crippen LogP contribution in [-0.4, -0.2) is 64.2 Å². The second-order valence-electron chi connectivity index (χ2n) is 9.00. The average molecular weight is 494 g/mol. The van der Waals surface area contributed by atoms with Gasteiger partial charge in [-0.3, -0.25) is 0 Å². The fourth-order valence-electron chi connectivity index (χ4n) is 4.52. The van der Waals surface area contributed by atoms with E-state index in [-0.39, 0.29) is 11.9 Å². The normalized spacial score (nSPS) is 17.6. The van der Waals surface area contributed by atoms with Crippen LogP contribution >= 0.6 is 11.3 Å². The van der Waals surface area contributed by atoms with E-state index >= 15 is 4.39 Å². The Hall–Kier alpha value is -3.21. The SMILES string of the molecule is CC1=[N+](c2cc(O[C@H](C)C3COC3)c3c(Nc4ccc5ncsc5c4F)ncnc3c2)CCNC1. The van der Waals surface area contributed by atoms with Gasteiger partial charge in [-0.2, -0.15) is 4.58 Å². The Bertz CT molecular complexity index is 1450. The van der Waals surface area contributed by atoms with Crippen LogP contribution in [-0.2, 0) is 4.74 Å². The van der Waals surface area contributed by atoms with Crippen molar-refractivity contribution in [1.29, 1.82) is 0 Å². The zero-order valence-electron chi connectivity index (χ0n) is 19.5. The number of benzene rings is 2. The van der Waals surface area contributed by atoms with E-state index in [0.29, 0.717) is 46.6 Å². The van der Waals surface area contributed by atoms with Crippen LogP contribution in [0.15, 0.2) is 36.1 Å². The zero-order valence-corrected chi connectivity index (χ0v) is 20.4. The summed E-state index contributed by atoms with van der Waals surface area (Å²) in [6.45, 7) is 8.14. The predicted octanol–water partition coefficient (Wildman–Crippen LogP) is 4.24. The molecular weight excluding hydrogens is 467 g/mol. The van der Waals surface area contributed by atoms with E-state index in [4.69, 9.17) is 9.47 Å². The summed E-state index contributed by atoms with van der Waals surface area (Å²) in [5, 5.41) is 7.32. The molecular formula is C25H26FN6O2S+. The van der Waals surface area contributed by atoms with Crippen molar-refractivity contribution in [1.82, 2.24) is 20.3 Å². The van der Waals surface area contributed by atoms with Crippen LogP contribution in [0.2, 0.25) is 0 Å². The van der Waals surface area contributed by atoms with Crippen molar-refractivity contribution in [2.24, 2.45) is 5.92 Å². The van der Waals surface area contributed by atoms with Crippen molar-refractivity contribution >= 4 is 55.4 Å². The van der Waals surface area contributed by atoms with Crippen molar-refractivity contribution < 1.29 is 18.4 Å². The topological polar surface area (TPSA) is 84.2 Å². The third-order valence-electron chi connectivity index (χ3n) is 6.68. The average Bonchev–Trinajstić information content (AvgIpc) is 3.30. The monoisotopic (exact) mass is 493 g/mol. The Kier molecular flexibility index (Phi) is 5.79. The Balaban J connectivity index is 1.47.